The molecule has 0 aliphatic rings. The van der Waals surface area contributed by atoms with Crippen molar-refractivity contribution in [1.82, 2.24) is 4.57 Å². The third-order valence-electron chi connectivity index (χ3n) is 5.31. The van der Waals surface area contributed by atoms with Crippen LogP contribution in [0.15, 0.2) is 48.5 Å². The number of aliphatic carboxylic acids is 1. The van der Waals surface area contributed by atoms with Crippen molar-refractivity contribution in [3.63, 3.8) is 0 Å². The van der Waals surface area contributed by atoms with Crippen LogP contribution >= 0.6 is 0 Å². The molecule has 0 fully saturated rings. The molecule has 2 atom stereocenters. The summed E-state index contributed by atoms with van der Waals surface area (Å²) in [5.41, 5.74) is 4.77. The number of nitrogens with zero attached hydrogens (tertiary/aromatic N) is 1. The fraction of sp³-hybridized carbons (Fsp3) is 0.320. The Morgan fingerprint density at radius 1 is 1.16 bits per heavy atom. The van der Waals surface area contributed by atoms with E-state index in [0.29, 0.717) is 0 Å². The fourth-order valence-electron chi connectivity index (χ4n) is 4.01. The molecule has 32 heavy (non-hydrogen) atoms. The summed E-state index contributed by atoms with van der Waals surface area (Å²) in [7, 11) is 0. The van der Waals surface area contributed by atoms with E-state index in [-0.39, 0.29) is 47.8 Å². The Labute approximate surface area is 209 Å². The molecule has 0 amide bonds. The molecule has 0 aliphatic carbocycles. The molecule has 0 unspecified atom stereocenters. The van der Waals surface area contributed by atoms with E-state index in [1.807, 2.05) is 25.1 Å². The number of fused-ring (bicyclic) bond motifs is 1. The maximum atomic E-state index is 13.6. The SMILES string of the molecule is Cc1cccc2c(-c3ccc(F)cc3)c(/C=C/[C@@H](O)C[C@@H](O)CC(=O)[O-])n(C(C)C)c12.[Na+]. The molecule has 3 rings (SSSR count). The number of carboxylic acid groups (broad SMARTS) is 1. The van der Waals surface area contributed by atoms with Crippen LogP contribution in [0.2, 0.25) is 0 Å². The molecule has 1 aromatic heterocycles. The molecule has 1 heterocycles. The Balaban J connectivity index is 0.00000363. The van der Waals surface area contributed by atoms with E-state index in [0.717, 1.165) is 33.3 Å². The van der Waals surface area contributed by atoms with Crippen LogP contribution in [-0.4, -0.2) is 33.0 Å². The van der Waals surface area contributed by atoms with Crippen LogP contribution < -0.4 is 34.7 Å². The molecule has 7 heteroatoms. The van der Waals surface area contributed by atoms with Gasteiger partial charge >= 0.3 is 29.6 Å². The maximum absolute atomic E-state index is 13.6. The number of aliphatic hydroxyl groups excluding tert-OH is 2. The summed E-state index contributed by atoms with van der Waals surface area (Å²) in [6.45, 7) is 6.17. The average Bonchev–Trinajstić information content (AvgIpc) is 3.02. The van der Waals surface area contributed by atoms with Gasteiger partial charge in [-0.05, 0) is 50.1 Å². The molecule has 3 aromatic rings. The van der Waals surface area contributed by atoms with Gasteiger partial charge in [0, 0.05) is 41.5 Å². The van der Waals surface area contributed by atoms with Gasteiger partial charge in [0.1, 0.15) is 5.82 Å². The molecule has 0 spiro atoms. The second-order valence-electron chi connectivity index (χ2n) is 8.09. The van der Waals surface area contributed by atoms with E-state index in [2.05, 4.69) is 18.4 Å². The Morgan fingerprint density at radius 3 is 2.41 bits per heavy atom. The molecule has 0 saturated carbocycles. The summed E-state index contributed by atoms with van der Waals surface area (Å²) in [6.07, 6.45) is 0.464. The van der Waals surface area contributed by atoms with Gasteiger partial charge in [0.2, 0.25) is 0 Å². The predicted molar refractivity (Wildman–Crippen MR) is 118 cm³/mol. The normalized spacial score (nSPS) is 13.5. The van der Waals surface area contributed by atoms with Gasteiger partial charge in [0.25, 0.3) is 0 Å². The quantitative estimate of drug-likeness (QED) is 0.496. The standard InChI is InChI=1S/C25H28FNO4.Na/c1-15(2)27-22(12-11-19(28)13-20(29)14-23(30)31)24(17-7-9-18(26)10-8-17)21-6-4-5-16(3)25(21)27;/h4-12,15,19-20,28-29H,13-14H2,1-3H3,(H,30,31);/q;+1/p-1/b12-11+;/t19-,20-;/m1./s1. The second kappa shape index (κ2) is 11.3. The van der Waals surface area contributed by atoms with E-state index < -0.39 is 24.6 Å². The number of hydrogen-bond donors (Lipinski definition) is 2. The number of para-hydroxylation sites is 1. The van der Waals surface area contributed by atoms with Gasteiger partial charge in [0.05, 0.1) is 17.7 Å². The molecule has 2 N–H and O–H groups in total. The third-order valence-corrected chi connectivity index (χ3v) is 5.31. The van der Waals surface area contributed by atoms with Crippen LogP contribution in [0.4, 0.5) is 4.39 Å². The van der Waals surface area contributed by atoms with Gasteiger partial charge in [-0.3, -0.25) is 0 Å². The third kappa shape index (κ3) is 5.88. The van der Waals surface area contributed by atoms with Crippen molar-refractivity contribution >= 4 is 22.9 Å². The van der Waals surface area contributed by atoms with Crippen molar-refractivity contribution in [2.45, 2.75) is 51.9 Å². The molecule has 0 bridgehead atoms. The monoisotopic (exact) mass is 447 g/mol. The summed E-state index contributed by atoms with van der Waals surface area (Å²) in [4.78, 5) is 10.6. The topological polar surface area (TPSA) is 85.5 Å². The van der Waals surface area contributed by atoms with Crippen LogP contribution in [-0.2, 0) is 4.79 Å². The summed E-state index contributed by atoms with van der Waals surface area (Å²) < 4.78 is 15.7. The number of carbonyl (C=O) groups is 1. The zero-order valence-electron chi connectivity index (χ0n) is 18.9. The van der Waals surface area contributed by atoms with Crippen LogP contribution in [0, 0.1) is 12.7 Å². The summed E-state index contributed by atoms with van der Waals surface area (Å²) in [5, 5.41) is 31.8. The first kappa shape index (κ1) is 26.3. The minimum atomic E-state index is -1.36. The van der Waals surface area contributed by atoms with Gasteiger partial charge in [-0.25, -0.2) is 4.39 Å². The first-order valence-electron chi connectivity index (χ1n) is 10.3. The minimum Gasteiger partial charge on any atom is -0.550 e. The number of aryl methyl sites for hydroxylation is 1. The van der Waals surface area contributed by atoms with Crippen LogP contribution in [0.25, 0.3) is 28.1 Å². The molecule has 164 valence electrons. The van der Waals surface area contributed by atoms with Gasteiger partial charge in [-0.15, -0.1) is 0 Å². The summed E-state index contributed by atoms with van der Waals surface area (Å²) in [6, 6.07) is 12.4. The Morgan fingerprint density at radius 2 is 1.81 bits per heavy atom. The molecule has 2 aromatic carbocycles. The van der Waals surface area contributed by atoms with E-state index in [1.54, 1.807) is 24.3 Å². The largest absolute Gasteiger partial charge is 1.00 e. The Hall–Kier alpha value is -1.96. The number of carbonyl (C=O) groups excluding carboxylic acids is 1. The number of carboxylic acids is 1. The van der Waals surface area contributed by atoms with Gasteiger partial charge < -0.3 is 24.7 Å². The van der Waals surface area contributed by atoms with E-state index in [9.17, 15) is 24.5 Å². The van der Waals surface area contributed by atoms with Gasteiger partial charge in [-0.1, -0.05) is 36.4 Å². The molecule has 0 radical (unpaired) electrons. The number of aliphatic hydroxyl groups is 2. The number of aromatic nitrogens is 1. The number of benzene rings is 2. The number of rotatable bonds is 8. The van der Waals surface area contributed by atoms with Crippen molar-refractivity contribution in [2.24, 2.45) is 0 Å². The number of halogens is 1. The van der Waals surface area contributed by atoms with Gasteiger partial charge in [-0.2, -0.15) is 0 Å². The molecule has 5 nitrogen and oxygen atoms in total. The number of hydrogen-bond acceptors (Lipinski definition) is 4. The average molecular weight is 447 g/mol. The zero-order chi connectivity index (χ0) is 22.7. The van der Waals surface area contributed by atoms with E-state index in [4.69, 9.17) is 0 Å². The van der Waals surface area contributed by atoms with Crippen LogP contribution in [0.3, 0.4) is 0 Å². The summed E-state index contributed by atoms with van der Waals surface area (Å²) >= 11 is 0. The van der Waals surface area contributed by atoms with Gasteiger partial charge in [0.15, 0.2) is 0 Å². The van der Waals surface area contributed by atoms with Crippen molar-refractivity contribution in [3.8, 4) is 11.1 Å². The fourth-order valence-corrected chi connectivity index (χ4v) is 4.01. The maximum Gasteiger partial charge on any atom is 1.00 e. The first-order valence-corrected chi connectivity index (χ1v) is 10.3. The van der Waals surface area contributed by atoms with Crippen molar-refractivity contribution in [2.75, 3.05) is 0 Å². The van der Waals surface area contributed by atoms with Crippen LogP contribution in [0.5, 0.6) is 0 Å². The smallest absolute Gasteiger partial charge is 0.550 e. The first-order chi connectivity index (χ1) is 14.7. The molecule has 0 aliphatic heterocycles. The van der Waals surface area contributed by atoms with E-state index >= 15 is 0 Å². The van der Waals surface area contributed by atoms with Crippen molar-refractivity contribution in [1.29, 1.82) is 0 Å². The minimum absolute atomic E-state index is 0. The molecular weight excluding hydrogens is 420 g/mol. The predicted octanol–water partition coefficient (Wildman–Crippen LogP) is 0.606. The van der Waals surface area contributed by atoms with Crippen molar-refractivity contribution in [3.05, 3.63) is 65.6 Å². The van der Waals surface area contributed by atoms with Crippen LogP contribution in [0.1, 0.15) is 44.0 Å². The molecular formula is C25H27FNNaO4. The van der Waals surface area contributed by atoms with Crippen molar-refractivity contribution < 1.29 is 54.1 Å². The Bertz CT molecular complexity index is 1110. The second-order valence-corrected chi connectivity index (χ2v) is 8.09. The Kier molecular flexibility index (Phi) is 9.25. The molecule has 0 saturated heterocycles. The zero-order valence-corrected chi connectivity index (χ0v) is 20.9. The van der Waals surface area contributed by atoms with E-state index in [1.165, 1.54) is 12.1 Å². The summed E-state index contributed by atoms with van der Waals surface area (Å²) in [5.74, 6) is -1.68.